The van der Waals surface area contributed by atoms with E-state index in [2.05, 4.69) is 10.6 Å². The van der Waals surface area contributed by atoms with Crippen molar-refractivity contribution < 1.29 is 28.5 Å². The largest absolute Gasteiger partial charge is 0.490 e. The summed E-state index contributed by atoms with van der Waals surface area (Å²) in [6.45, 7) is 5.96. The topological polar surface area (TPSA) is 134 Å². The summed E-state index contributed by atoms with van der Waals surface area (Å²) in [4.78, 5) is 44.7. The maximum Gasteiger partial charge on any atom is 0.343 e. The molecule has 50 heavy (non-hydrogen) atoms. The number of methoxy groups -OCH3 is 1. The Morgan fingerprint density at radius 1 is 1.02 bits per heavy atom. The zero-order valence-electron chi connectivity index (χ0n) is 28.0. The summed E-state index contributed by atoms with van der Waals surface area (Å²) in [7, 11) is 1.27. The van der Waals surface area contributed by atoms with Gasteiger partial charge in [-0.25, -0.2) is 14.6 Å². The summed E-state index contributed by atoms with van der Waals surface area (Å²) >= 11 is 1.24. The number of aromatic nitrogens is 2. The first-order valence-electron chi connectivity index (χ1n) is 16.0. The van der Waals surface area contributed by atoms with Crippen LogP contribution in [0.3, 0.4) is 0 Å². The number of ether oxygens (including phenoxy) is 4. The van der Waals surface area contributed by atoms with E-state index in [-0.39, 0.29) is 24.3 Å². The van der Waals surface area contributed by atoms with Crippen LogP contribution >= 0.6 is 11.3 Å². The molecule has 0 spiro atoms. The van der Waals surface area contributed by atoms with Gasteiger partial charge >= 0.3 is 11.9 Å². The maximum atomic E-state index is 14.4. The van der Waals surface area contributed by atoms with Crippen molar-refractivity contribution >= 4 is 40.3 Å². The second-order valence-corrected chi connectivity index (χ2v) is 12.4. The minimum atomic E-state index is -0.876. The van der Waals surface area contributed by atoms with E-state index >= 15 is 0 Å². The van der Waals surface area contributed by atoms with Crippen molar-refractivity contribution in [3.05, 3.63) is 126 Å². The molecule has 0 N–H and O–H groups in total. The van der Waals surface area contributed by atoms with Crippen molar-refractivity contribution in [1.82, 2.24) is 9.13 Å². The molecule has 0 unspecified atom stereocenters. The lowest BCUT2D eigenvalue weighted by molar-refractivity contribution is -0.143. The Kier molecular flexibility index (Phi) is 9.97. The lowest BCUT2D eigenvalue weighted by atomic mass is 9.95. The van der Waals surface area contributed by atoms with Gasteiger partial charge in [0, 0.05) is 29.2 Å². The Bertz CT molecular complexity index is 2360. The molecule has 0 bridgehead atoms. The number of nitriles is 1. The van der Waals surface area contributed by atoms with Crippen LogP contribution in [0.1, 0.15) is 49.1 Å². The van der Waals surface area contributed by atoms with Gasteiger partial charge in [-0.15, -0.1) is 0 Å². The Balaban J connectivity index is 1.48. The normalized spacial score (nSPS) is 14.1. The van der Waals surface area contributed by atoms with Gasteiger partial charge in [-0.05, 0) is 68.3 Å². The average Bonchev–Trinajstić information content (AvgIpc) is 3.62. The zero-order valence-corrected chi connectivity index (χ0v) is 28.8. The predicted octanol–water partition coefficient (Wildman–Crippen LogP) is 4.62. The molecule has 5 aromatic rings. The van der Waals surface area contributed by atoms with E-state index in [0.717, 1.165) is 22.0 Å². The molecule has 0 aliphatic carbocycles. The summed E-state index contributed by atoms with van der Waals surface area (Å²) in [6.07, 6.45) is 3.87. The van der Waals surface area contributed by atoms with E-state index in [1.807, 2.05) is 55.6 Å². The van der Waals surface area contributed by atoms with Gasteiger partial charge in [-0.3, -0.25) is 9.36 Å². The molecule has 1 aliphatic heterocycles. The number of hydrogen-bond acceptors (Lipinski definition) is 10. The summed E-state index contributed by atoms with van der Waals surface area (Å²) in [5, 5.41) is 10.2. The number of nitrogens with zero attached hydrogens (tertiary/aromatic N) is 4. The molecule has 2 aromatic heterocycles. The third kappa shape index (κ3) is 6.68. The standard InChI is InChI=1S/C38H34N4O7S/c1-5-47-31-17-26(15-16-30(31)49-22-33(43)46-4)35-34(37(45)48-6-2)23(3)40-38-42(35)36(44)32(50-38)18-27-21-41(29-10-8-7-9-28(27)29)20-25-13-11-24(19-39)12-14-25/h7-18,21,35H,5-6,20,22H2,1-4H3/b32-18+/t35-/m1/s1. The molecule has 3 heterocycles. The number of esters is 2. The second kappa shape index (κ2) is 14.7. The van der Waals surface area contributed by atoms with Crippen LogP contribution in [-0.2, 0) is 25.6 Å². The number of fused-ring (bicyclic) bond motifs is 2. The third-order valence-electron chi connectivity index (χ3n) is 8.22. The molecule has 0 saturated carbocycles. The molecule has 0 fully saturated rings. The quantitative estimate of drug-likeness (QED) is 0.183. The predicted molar refractivity (Wildman–Crippen MR) is 188 cm³/mol. The average molecular weight is 691 g/mol. The fraction of sp³-hybridized carbons (Fsp3) is 0.237. The molecular formula is C38H34N4O7S. The van der Waals surface area contributed by atoms with Crippen LogP contribution in [0, 0.1) is 11.3 Å². The highest BCUT2D eigenvalue weighted by atomic mass is 32.1. The Labute approximate surface area is 291 Å². The SMILES string of the molecule is CCOC(=O)C1=C(C)N=c2s/c(=C/c3cn(Cc4ccc(C#N)cc4)c4ccccc34)c(=O)n2[C@@H]1c1ccc(OCC(=O)OC)c(OCC)c1. The van der Waals surface area contributed by atoms with Gasteiger partial charge < -0.3 is 23.5 Å². The van der Waals surface area contributed by atoms with Crippen molar-refractivity contribution in [2.75, 3.05) is 26.9 Å². The number of hydrogen-bond donors (Lipinski definition) is 0. The molecule has 1 aliphatic rings. The van der Waals surface area contributed by atoms with Gasteiger partial charge in [-0.2, -0.15) is 5.26 Å². The lowest BCUT2D eigenvalue weighted by Gasteiger charge is -2.25. The van der Waals surface area contributed by atoms with E-state index in [1.54, 1.807) is 44.2 Å². The number of thiazole rings is 1. The van der Waals surface area contributed by atoms with E-state index in [1.165, 1.54) is 23.0 Å². The van der Waals surface area contributed by atoms with Crippen molar-refractivity contribution in [2.24, 2.45) is 4.99 Å². The third-order valence-corrected chi connectivity index (χ3v) is 9.20. The summed E-state index contributed by atoms with van der Waals surface area (Å²) in [5.41, 5.74) is 4.39. The summed E-state index contributed by atoms with van der Waals surface area (Å²) in [5.74, 6) is -0.486. The van der Waals surface area contributed by atoms with Crippen LogP contribution in [-0.4, -0.2) is 48.0 Å². The van der Waals surface area contributed by atoms with Gasteiger partial charge in [0.15, 0.2) is 22.9 Å². The van der Waals surface area contributed by atoms with Gasteiger partial charge in [0.2, 0.25) is 0 Å². The zero-order chi connectivity index (χ0) is 35.4. The van der Waals surface area contributed by atoms with E-state index in [4.69, 9.17) is 23.9 Å². The molecule has 6 rings (SSSR count). The molecule has 3 aromatic carbocycles. The first kappa shape index (κ1) is 34.0. The van der Waals surface area contributed by atoms with Gasteiger partial charge in [0.05, 0.1) is 53.8 Å². The van der Waals surface area contributed by atoms with E-state index in [0.29, 0.717) is 50.8 Å². The highest BCUT2D eigenvalue weighted by molar-refractivity contribution is 7.07. The highest BCUT2D eigenvalue weighted by Crippen LogP contribution is 2.36. The molecule has 12 heteroatoms. The molecule has 1 atom stereocenters. The van der Waals surface area contributed by atoms with Crippen LogP contribution in [0.5, 0.6) is 11.5 Å². The lowest BCUT2D eigenvalue weighted by Crippen LogP contribution is -2.40. The molecule has 11 nitrogen and oxygen atoms in total. The van der Waals surface area contributed by atoms with Crippen LogP contribution in [0.2, 0.25) is 0 Å². The van der Waals surface area contributed by atoms with E-state index in [9.17, 15) is 19.6 Å². The minimum Gasteiger partial charge on any atom is -0.490 e. The summed E-state index contributed by atoms with van der Waals surface area (Å²) in [6, 6.07) is 21.8. The van der Waals surface area contributed by atoms with Crippen LogP contribution in [0.25, 0.3) is 17.0 Å². The van der Waals surface area contributed by atoms with Crippen LogP contribution in [0.4, 0.5) is 0 Å². The molecule has 0 amide bonds. The fourth-order valence-electron chi connectivity index (χ4n) is 5.93. The number of allylic oxidation sites excluding steroid dienone is 1. The Morgan fingerprint density at radius 2 is 1.80 bits per heavy atom. The first-order chi connectivity index (χ1) is 24.3. The van der Waals surface area contributed by atoms with Crippen LogP contribution in [0.15, 0.2) is 94.0 Å². The fourth-order valence-corrected chi connectivity index (χ4v) is 6.97. The van der Waals surface area contributed by atoms with Gasteiger partial charge in [-0.1, -0.05) is 47.7 Å². The number of benzene rings is 3. The maximum absolute atomic E-state index is 14.4. The molecular weight excluding hydrogens is 657 g/mol. The van der Waals surface area contributed by atoms with Crippen molar-refractivity contribution in [1.29, 1.82) is 5.26 Å². The smallest absolute Gasteiger partial charge is 0.343 e. The highest BCUT2D eigenvalue weighted by Gasteiger charge is 2.34. The Hall–Kier alpha value is -5.93. The first-order valence-corrected chi connectivity index (χ1v) is 16.8. The van der Waals surface area contributed by atoms with Crippen molar-refractivity contribution in [2.45, 2.75) is 33.4 Å². The Morgan fingerprint density at radius 3 is 2.52 bits per heavy atom. The minimum absolute atomic E-state index is 0.143. The number of carbonyl (C=O) groups excluding carboxylic acids is 2. The second-order valence-electron chi connectivity index (χ2n) is 11.3. The number of rotatable bonds is 11. The number of para-hydroxylation sites is 1. The molecule has 254 valence electrons. The van der Waals surface area contributed by atoms with Gasteiger partial charge in [0.25, 0.3) is 5.56 Å². The van der Waals surface area contributed by atoms with Crippen molar-refractivity contribution in [3.8, 4) is 17.6 Å². The van der Waals surface area contributed by atoms with E-state index < -0.39 is 18.0 Å². The van der Waals surface area contributed by atoms with Gasteiger partial charge in [0.1, 0.15) is 0 Å². The van der Waals surface area contributed by atoms with Crippen molar-refractivity contribution in [3.63, 3.8) is 0 Å². The monoisotopic (exact) mass is 690 g/mol. The molecule has 0 saturated heterocycles. The summed E-state index contributed by atoms with van der Waals surface area (Å²) < 4.78 is 25.7. The van der Waals surface area contributed by atoms with Crippen LogP contribution < -0.4 is 24.4 Å². The number of carbonyl (C=O) groups is 2. The molecule has 0 radical (unpaired) electrons.